The van der Waals surface area contributed by atoms with E-state index < -0.39 is 0 Å². The Labute approximate surface area is 104 Å². The lowest BCUT2D eigenvalue weighted by atomic mass is 10.1. The van der Waals surface area contributed by atoms with Gasteiger partial charge in [0.2, 0.25) is 0 Å². The Kier molecular flexibility index (Phi) is 3.44. The van der Waals surface area contributed by atoms with E-state index in [2.05, 4.69) is 56.9 Å². The first-order chi connectivity index (χ1) is 7.68. The van der Waals surface area contributed by atoms with Crippen molar-refractivity contribution in [1.29, 1.82) is 0 Å². The van der Waals surface area contributed by atoms with Gasteiger partial charge in [-0.3, -0.25) is 4.68 Å². The Hall–Kier alpha value is -1.09. The van der Waals surface area contributed by atoms with Crippen molar-refractivity contribution >= 4 is 15.9 Å². The largest absolute Gasteiger partial charge is 0.268 e. The molecule has 0 fully saturated rings. The molecule has 0 saturated carbocycles. The molecule has 2 aromatic rings. The van der Waals surface area contributed by atoms with Crippen LogP contribution in [-0.2, 0) is 13.0 Å². The highest BCUT2D eigenvalue weighted by molar-refractivity contribution is 9.10. The molecule has 0 unspecified atom stereocenters. The van der Waals surface area contributed by atoms with Crippen molar-refractivity contribution in [3.63, 3.8) is 0 Å². The first-order valence-corrected chi connectivity index (χ1v) is 6.21. The number of hydrogen-bond donors (Lipinski definition) is 0. The number of halogens is 1. The molecule has 0 aliphatic heterocycles. The van der Waals surface area contributed by atoms with Crippen LogP contribution in [0.25, 0.3) is 0 Å². The average Bonchev–Trinajstić information content (AvgIpc) is 2.56. The predicted octanol–water partition coefficient (Wildman–Crippen LogP) is 3.51. The molecule has 2 rings (SSSR count). The van der Waals surface area contributed by atoms with Gasteiger partial charge in [0.15, 0.2) is 0 Å². The van der Waals surface area contributed by atoms with Gasteiger partial charge in [0, 0.05) is 12.2 Å². The van der Waals surface area contributed by atoms with Gasteiger partial charge in [0.1, 0.15) is 0 Å². The Balaban J connectivity index is 2.08. The molecule has 0 radical (unpaired) electrons. The van der Waals surface area contributed by atoms with Gasteiger partial charge in [-0.1, -0.05) is 30.3 Å². The van der Waals surface area contributed by atoms with Crippen LogP contribution in [0.1, 0.15) is 17.0 Å². The normalized spacial score (nSPS) is 10.7. The smallest absolute Gasteiger partial charge is 0.0738 e. The maximum absolute atomic E-state index is 4.49. The Morgan fingerprint density at radius 2 is 1.88 bits per heavy atom. The van der Waals surface area contributed by atoms with Gasteiger partial charge in [-0.15, -0.1) is 0 Å². The second-order valence-electron chi connectivity index (χ2n) is 3.94. The highest BCUT2D eigenvalue weighted by Crippen LogP contribution is 2.19. The molecule has 0 saturated heterocycles. The van der Waals surface area contributed by atoms with Crippen molar-refractivity contribution in [1.82, 2.24) is 9.78 Å². The highest BCUT2D eigenvalue weighted by Gasteiger charge is 2.07. The van der Waals surface area contributed by atoms with Crippen LogP contribution in [0.15, 0.2) is 34.8 Å². The minimum absolute atomic E-state index is 0.933. The molecule has 0 bridgehead atoms. The van der Waals surface area contributed by atoms with Crippen LogP contribution in [0.4, 0.5) is 0 Å². The second kappa shape index (κ2) is 4.83. The first kappa shape index (κ1) is 11.4. The lowest BCUT2D eigenvalue weighted by molar-refractivity contribution is 0.594. The van der Waals surface area contributed by atoms with Crippen molar-refractivity contribution in [2.75, 3.05) is 0 Å². The third-order valence-corrected chi connectivity index (χ3v) is 3.90. The molecule has 0 aliphatic carbocycles. The number of rotatable bonds is 3. The number of aryl methyl sites for hydroxylation is 3. The fourth-order valence-corrected chi connectivity index (χ4v) is 2.06. The molecule has 84 valence electrons. The van der Waals surface area contributed by atoms with Crippen LogP contribution >= 0.6 is 15.9 Å². The summed E-state index contributed by atoms with van der Waals surface area (Å²) in [6, 6.07) is 10.5. The Bertz CT molecular complexity index is 474. The van der Waals surface area contributed by atoms with Gasteiger partial charge in [0.05, 0.1) is 10.2 Å². The first-order valence-electron chi connectivity index (χ1n) is 5.42. The minimum atomic E-state index is 0.933. The van der Waals surface area contributed by atoms with Crippen molar-refractivity contribution in [3.8, 4) is 0 Å². The van der Waals surface area contributed by atoms with E-state index >= 15 is 0 Å². The van der Waals surface area contributed by atoms with E-state index in [1.54, 1.807) is 0 Å². The zero-order chi connectivity index (χ0) is 11.5. The summed E-state index contributed by atoms with van der Waals surface area (Å²) in [5, 5.41) is 4.49. The maximum Gasteiger partial charge on any atom is 0.0738 e. The van der Waals surface area contributed by atoms with Crippen molar-refractivity contribution in [3.05, 3.63) is 51.8 Å². The summed E-state index contributed by atoms with van der Waals surface area (Å²) in [5.41, 5.74) is 3.62. The molecule has 1 heterocycles. The summed E-state index contributed by atoms with van der Waals surface area (Å²) < 4.78 is 3.19. The van der Waals surface area contributed by atoms with E-state index in [0.717, 1.165) is 23.1 Å². The van der Waals surface area contributed by atoms with E-state index in [4.69, 9.17) is 0 Å². The number of aromatic nitrogens is 2. The number of benzene rings is 1. The van der Waals surface area contributed by atoms with Crippen molar-refractivity contribution in [2.45, 2.75) is 26.8 Å². The minimum Gasteiger partial charge on any atom is -0.268 e. The quantitative estimate of drug-likeness (QED) is 0.840. The van der Waals surface area contributed by atoms with E-state index in [0.29, 0.717) is 0 Å². The molecule has 1 aromatic heterocycles. The molecule has 3 heteroatoms. The fraction of sp³-hybridized carbons (Fsp3) is 0.308. The molecular formula is C13H15BrN2. The SMILES string of the molecule is Cc1nn(CCc2ccccc2)c(C)c1Br. The van der Waals surface area contributed by atoms with Crippen LogP contribution in [0.3, 0.4) is 0 Å². The van der Waals surface area contributed by atoms with Gasteiger partial charge in [-0.05, 0) is 41.8 Å². The standard InChI is InChI=1S/C13H15BrN2/c1-10-13(14)11(2)16(15-10)9-8-12-6-4-3-5-7-12/h3-7H,8-9H2,1-2H3. The highest BCUT2D eigenvalue weighted by atomic mass is 79.9. The molecule has 0 atom stereocenters. The van der Waals surface area contributed by atoms with E-state index in [9.17, 15) is 0 Å². The number of hydrogen-bond acceptors (Lipinski definition) is 1. The monoisotopic (exact) mass is 278 g/mol. The topological polar surface area (TPSA) is 17.8 Å². The molecule has 0 amide bonds. The maximum atomic E-state index is 4.49. The fourth-order valence-electron chi connectivity index (χ4n) is 1.77. The van der Waals surface area contributed by atoms with Crippen LogP contribution in [0, 0.1) is 13.8 Å². The van der Waals surface area contributed by atoms with Crippen LogP contribution in [0.2, 0.25) is 0 Å². The lowest BCUT2D eigenvalue weighted by Crippen LogP contribution is -2.05. The average molecular weight is 279 g/mol. The zero-order valence-corrected chi connectivity index (χ0v) is 11.2. The summed E-state index contributed by atoms with van der Waals surface area (Å²) >= 11 is 3.54. The third-order valence-electron chi connectivity index (χ3n) is 2.75. The van der Waals surface area contributed by atoms with E-state index in [-0.39, 0.29) is 0 Å². The van der Waals surface area contributed by atoms with E-state index in [1.807, 2.05) is 13.0 Å². The Morgan fingerprint density at radius 3 is 2.44 bits per heavy atom. The molecule has 0 spiro atoms. The van der Waals surface area contributed by atoms with Crippen LogP contribution in [0.5, 0.6) is 0 Å². The molecule has 2 nitrogen and oxygen atoms in total. The van der Waals surface area contributed by atoms with Crippen LogP contribution < -0.4 is 0 Å². The summed E-state index contributed by atoms with van der Waals surface area (Å²) in [6.45, 7) is 5.05. The van der Waals surface area contributed by atoms with Gasteiger partial charge in [0.25, 0.3) is 0 Å². The zero-order valence-electron chi connectivity index (χ0n) is 9.57. The predicted molar refractivity (Wildman–Crippen MR) is 69.5 cm³/mol. The molecule has 0 N–H and O–H groups in total. The summed E-state index contributed by atoms with van der Waals surface area (Å²) in [5.74, 6) is 0. The second-order valence-corrected chi connectivity index (χ2v) is 4.74. The van der Waals surface area contributed by atoms with Crippen molar-refractivity contribution in [2.24, 2.45) is 0 Å². The lowest BCUT2D eigenvalue weighted by Gasteiger charge is -2.04. The van der Waals surface area contributed by atoms with Crippen molar-refractivity contribution < 1.29 is 0 Å². The summed E-state index contributed by atoms with van der Waals surface area (Å²) in [4.78, 5) is 0. The van der Waals surface area contributed by atoms with Gasteiger partial charge < -0.3 is 0 Å². The van der Waals surface area contributed by atoms with Crippen LogP contribution in [-0.4, -0.2) is 9.78 Å². The molecular weight excluding hydrogens is 264 g/mol. The molecule has 0 aliphatic rings. The Morgan fingerprint density at radius 1 is 1.19 bits per heavy atom. The van der Waals surface area contributed by atoms with Gasteiger partial charge in [-0.25, -0.2) is 0 Å². The third kappa shape index (κ3) is 2.35. The van der Waals surface area contributed by atoms with Gasteiger partial charge >= 0.3 is 0 Å². The van der Waals surface area contributed by atoms with Gasteiger partial charge in [-0.2, -0.15) is 5.10 Å². The number of nitrogens with zero attached hydrogens (tertiary/aromatic N) is 2. The van der Waals surface area contributed by atoms with E-state index in [1.165, 1.54) is 11.3 Å². The summed E-state index contributed by atoms with van der Waals surface area (Å²) in [7, 11) is 0. The summed E-state index contributed by atoms with van der Waals surface area (Å²) in [6.07, 6.45) is 1.02. The molecule has 1 aromatic carbocycles. The molecule has 16 heavy (non-hydrogen) atoms.